The lowest BCUT2D eigenvalue weighted by Crippen LogP contribution is -2.67. The minimum Gasteiger partial charge on any atom is -0.456 e. The van der Waals surface area contributed by atoms with Crippen LogP contribution in [0, 0.1) is 11.8 Å². The van der Waals surface area contributed by atoms with Crippen molar-refractivity contribution in [2.75, 3.05) is 0 Å². The van der Waals surface area contributed by atoms with Gasteiger partial charge in [-0.2, -0.15) is 0 Å². The molecule has 7 fully saturated rings. The lowest BCUT2D eigenvalue weighted by atomic mass is 9.95. The second-order valence-corrected chi connectivity index (χ2v) is 23.0. The molecule has 0 spiro atoms. The zero-order chi connectivity index (χ0) is 58.7. The third-order valence-electron chi connectivity index (χ3n) is 16.7. The lowest BCUT2D eigenvalue weighted by molar-refractivity contribution is -0.391. The predicted molar refractivity (Wildman–Crippen MR) is 278 cm³/mol. The maximum atomic E-state index is 14.2. The Morgan fingerprint density at radius 3 is 1.64 bits per heavy atom. The van der Waals surface area contributed by atoms with Gasteiger partial charge in [-0.25, -0.2) is 0 Å². The molecule has 80 heavy (non-hydrogen) atoms. The van der Waals surface area contributed by atoms with E-state index in [1.807, 2.05) is 0 Å². The highest BCUT2D eigenvalue weighted by molar-refractivity contribution is 5.73. The van der Waals surface area contributed by atoms with Crippen molar-refractivity contribution in [3.05, 3.63) is 0 Å². The van der Waals surface area contributed by atoms with Crippen molar-refractivity contribution < 1.29 is 117 Å². The van der Waals surface area contributed by atoms with Gasteiger partial charge in [0.25, 0.3) is 0 Å². The van der Waals surface area contributed by atoms with Gasteiger partial charge < -0.3 is 102 Å². The first-order chi connectivity index (χ1) is 38.0. The minimum atomic E-state index is -1.89. The highest BCUT2D eigenvalue weighted by atomic mass is 16.8. The molecule has 0 aliphatic carbocycles. The van der Waals surface area contributed by atoms with Crippen LogP contribution in [0.4, 0.5) is 0 Å². The summed E-state index contributed by atoms with van der Waals surface area (Å²) in [4.78, 5) is 41.4. The van der Waals surface area contributed by atoms with E-state index >= 15 is 0 Å². The number of esters is 3. The molecule has 0 aromatic carbocycles. The Bertz CT molecular complexity index is 1880. The fraction of sp³-hybridized carbons (Fsp3) is 0.946. The molecule has 0 saturated carbocycles. The van der Waals surface area contributed by atoms with Gasteiger partial charge in [-0.15, -0.1) is 0 Å². The molecular formula is C56H96O24. The minimum absolute atomic E-state index is 0.0530. The maximum absolute atomic E-state index is 14.2. The van der Waals surface area contributed by atoms with Crippen molar-refractivity contribution in [1.82, 2.24) is 0 Å². The SMILES string of the molecule is CCCCC[C@H]1CCCCCCCCCC(=O)O[C@@H]2[C@@H](O[C@@H]3O[C@@H](C)[C@H](OC(=O)[C@@H](C)CC)[C@@H](O[C@@H]4O[C@@H](C)[C@H](O)[C@@H](O)[C@H]4O)[C@H]3O)[C@H](C)O[C@@H](O[C@@H]3[C@@H](O)[C@@H](O)[C@H](O[C@H]4[C@H](O1)O[C@H](C)[C@H](O)[C@@H]4O)O[C@H]3C)[C@@H]2OC(=O)[C@@H](C)CC. The van der Waals surface area contributed by atoms with Gasteiger partial charge in [0.15, 0.2) is 49.8 Å². The van der Waals surface area contributed by atoms with Crippen LogP contribution in [0.2, 0.25) is 0 Å². The molecule has 0 unspecified atom stereocenters. The molecule has 0 radical (unpaired) electrons. The van der Waals surface area contributed by atoms with Crippen LogP contribution < -0.4 is 0 Å². The van der Waals surface area contributed by atoms with Gasteiger partial charge in [0, 0.05) is 6.42 Å². The third kappa shape index (κ3) is 16.8. The van der Waals surface area contributed by atoms with E-state index in [9.17, 15) is 55.2 Å². The van der Waals surface area contributed by atoms with E-state index in [2.05, 4.69) is 6.92 Å². The predicted octanol–water partition coefficient (Wildman–Crippen LogP) is 2.46. The molecule has 464 valence electrons. The van der Waals surface area contributed by atoms with Crippen molar-refractivity contribution in [1.29, 1.82) is 0 Å². The van der Waals surface area contributed by atoms with E-state index in [0.29, 0.717) is 38.5 Å². The normalized spacial score (nSPS) is 44.8. The highest BCUT2D eigenvalue weighted by Gasteiger charge is 2.58. The van der Waals surface area contributed by atoms with Crippen LogP contribution in [0.25, 0.3) is 0 Å². The number of hydrogen-bond acceptors (Lipinski definition) is 24. The van der Waals surface area contributed by atoms with E-state index in [1.165, 1.54) is 27.7 Å². The Morgan fingerprint density at radius 1 is 0.475 bits per heavy atom. The summed E-state index contributed by atoms with van der Waals surface area (Å²) in [5.41, 5.74) is 0. The fourth-order valence-corrected chi connectivity index (χ4v) is 10.9. The Labute approximate surface area is 470 Å². The molecule has 24 nitrogen and oxygen atoms in total. The number of unbranched alkanes of at least 4 members (excludes halogenated alkanes) is 2. The van der Waals surface area contributed by atoms with Crippen molar-refractivity contribution in [2.45, 2.75) is 325 Å². The number of hydrogen-bond donors (Lipinski definition) is 8. The highest BCUT2D eigenvalue weighted by Crippen LogP contribution is 2.39. The number of fused-ring (bicyclic) bond motifs is 14. The summed E-state index contributed by atoms with van der Waals surface area (Å²) in [7, 11) is 0. The molecule has 7 aliphatic heterocycles. The van der Waals surface area contributed by atoms with Gasteiger partial charge in [0.2, 0.25) is 0 Å². The first kappa shape index (κ1) is 66.8. The molecule has 0 aromatic rings. The second kappa shape index (κ2) is 31.2. The van der Waals surface area contributed by atoms with Crippen molar-refractivity contribution in [3.8, 4) is 0 Å². The van der Waals surface area contributed by atoms with Crippen molar-refractivity contribution in [2.24, 2.45) is 11.8 Å². The molecule has 28 atom stereocenters. The molecule has 4 bridgehead atoms. The standard InChI is InChI=1S/C56H96O24/c1-11-14-20-23-33-24-21-18-16-15-17-19-22-25-34(57)74-48-45(78-54-42(65)46(44(31(9)71-54)75-50(66)26(4)12-2)79-52-40(63)37(60)35(58)28(6)68-52)32(10)72-56(49(48)76-51(67)27(5)13-3)77-43-30(8)70-53(41(64)39(43)62)80-47-38(61)36(59)29(7)69-55(47)73-33/h26-33,35-49,52-56,58-65H,11-25H2,1-10H3/t26-,27-,28-,29+,30-,31-,32-,33-,35-,36-,37+,38-,39-,40+,41+,42+,43-,44-,45-,46-,47+,48+,49+,52-,53-,54-,55-,56-/m0/s1. The van der Waals surface area contributed by atoms with Gasteiger partial charge in [0.1, 0.15) is 73.2 Å². The van der Waals surface area contributed by atoms with Gasteiger partial charge in [-0.3, -0.25) is 14.4 Å². The van der Waals surface area contributed by atoms with Crippen LogP contribution in [-0.4, -0.2) is 218 Å². The Balaban J connectivity index is 1.33. The molecule has 24 heteroatoms. The third-order valence-corrected chi connectivity index (χ3v) is 16.7. The van der Waals surface area contributed by atoms with Gasteiger partial charge in [-0.05, 0) is 66.7 Å². The van der Waals surface area contributed by atoms with Gasteiger partial charge in [-0.1, -0.05) is 92.4 Å². The summed E-state index contributed by atoms with van der Waals surface area (Å²) in [6.07, 6.45) is -27.1. The van der Waals surface area contributed by atoms with Crippen LogP contribution in [0.5, 0.6) is 0 Å². The molecule has 7 saturated heterocycles. The number of ether oxygens (including phenoxy) is 13. The molecular weight excluding hydrogens is 1060 g/mol. The largest absolute Gasteiger partial charge is 0.456 e. The summed E-state index contributed by atoms with van der Waals surface area (Å²) in [5.74, 6) is -3.39. The Kier molecular flexibility index (Phi) is 26.1. The summed E-state index contributed by atoms with van der Waals surface area (Å²) in [5, 5.41) is 90.6. The van der Waals surface area contributed by atoms with E-state index in [-0.39, 0.29) is 12.5 Å². The van der Waals surface area contributed by atoms with E-state index in [1.54, 1.807) is 34.6 Å². The maximum Gasteiger partial charge on any atom is 0.309 e. The van der Waals surface area contributed by atoms with E-state index in [0.717, 1.165) is 51.4 Å². The second-order valence-electron chi connectivity index (χ2n) is 23.0. The van der Waals surface area contributed by atoms with E-state index in [4.69, 9.17) is 61.6 Å². The average molecular weight is 1150 g/mol. The van der Waals surface area contributed by atoms with Crippen molar-refractivity contribution in [3.63, 3.8) is 0 Å². The zero-order valence-corrected chi connectivity index (χ0v) is 48.4. The molecule has 7 aliphatic rings. The molecule has 7 rings (SSSR count). The van der Waals surface area contributed by atoms with Crippen LogP contribution >= 0.6 is 0 Å². The summed E-state index contributed by atoms with van der Waals surface area (Å²) in [6, 6.07) is 0. The lowest BCUT2D eigenvalue weighted by Gasteiger charge is -2.50. The van der Waals surface area contributed by atoms with Crippen LogP contribution in [0.1, 0.15) is 166 Å². The van der Waals surface area contributed by atoms with Gasteiger partial charge >= 0.3 is 17.9 Å². The quantitative estimate of drug-likeness (QED) is 0.0703. The molecule has 8 N–H and O–H groups in total. The van der Waals surface area contributed by atoms with Crippen LogP contribution in [0.3, 0.4) is 0 Å². The number of aliphatic hydroxyl groups is 8. The number of carbonyl (C=O) groups is 3. The molecule has 0 amide bonds. The number of carbonyl (C=O) groups excluding carboxylic acids is 3. The first-order valence-corrected chi connectivity index (χ1v) is 29.6. The topological polar surface area (TPSA) is 333 Å². The van der Waals surface area contributed by atoms with E-state index < -0.39 is 183 Å². The van der Waals surface area contributed by atoms with Crippen LogP contribution in [-0.2, 0) is 76.0 Å². The van der Waals surface area contributed by atoms with Gasteiger partial charge in [0.05, 0.1) is 48.5 Å². The zero-order valence-electron chi connectivity index (χ0n) is 48.4. The summed E-state index contributed by atoms with van der Waals surface area (Å²) >= 11 is 0. The smallest absolute Gasteiger partial charge is 0.309 e. The molecule has 7 heterocycles. The average Bonchev–Trinajstić information content (AvgIpc) is 3.58. The summed E-state index contributed by atoms with van der Waals surface area (Å²) in [6.45, 7) is 16.6. The Hall–Kier alpha value is -2.31. The number of aliphatic hydroxyl groups excluding tert-OH is 8. The van der Waals surface area contributed by atoms with Crippen molar-refractivity contribution >= 4 is 17.9 Å². The first-order valence-electron chi connectivity index (χ1n) is 29.6. The number of rotatable bonds is 14. The fourth-order valence-electron chi connectivity index (χ4n) is 10.9. The molecule has 0 aromatic heterocycles. The van der Waals surface area contributed by atoms with Crippen LogP contribution in [0.15, 0.2) is 0 Å². The summed E-state index contributed by atoms with van der Waals surface area (Å²) < 4.78 is 81.2. The Morgan fingerprint density at radius 2 is 0.988 bits per heavy atom. The monoisotopic (exact) mass is 1150 g/mol.